The predicted octanol–water partition coefficient (Wildman–Crippen LogP) is 1.84. The van der Waals surface area contributed by atoms with Crippen molar-refractivity contribution in [3.05, 3.63) is 36.0 Å². The van der Waals surface area contributed by atoms with Gasteiger partial charge in [-0.05, 0) is 32.0 Å². The zero-order valence-corrected chi connectivity index (χ0v) is 12.2. The third-order valence-electron chi connectivity index (χ3n) is 3.12. The minimum Gasteiger partial charge on any atom is -0.465 e. The third kappa shape index (κ3) is 2.76. The summed E-state index contributed by atoms with van der Waals surface area (Å²) in [5.41, 5.74) is 1.99. The second-order valence-corrected chi connectivity index (χ2v) is 4.69. The lowest BCUT2D eigenvalue weighted by Crippen LogP contribution is -2.27. The predicted molar refractivity (Wildman–Crippen MR) is 77.4 cm³/mol. The fourth-order valence-electron chi connectivity index (χ4n) is 2.05. The number of carbonyl (C=O) groups is 1. The number of benzene rings is 1. The van der Waals surface area contributed by atoms with E-state index in [9.17, 15) is 4.79 Å². The van der Waals surface area contributed by atoms with Gasteiger partial charge in [-0.15, -0.1) is 0 Å². The molecule has 2 heterocycles. The summed E-state index contributed by atoms with van der Waals surface area (Å²) in [5.74, 6) is 0.196. The number of H-pyrrole nitrogens is 1. The second kappa shape index (κ2) is 5.84. The molecule has 2 aromatic heterocycles. The van der Waals surface area contributed by atoms with Crippen molar-refractivity contribution >= 4 is 16.9 Å². The number of ether oxygens (including phenoxy) is 1. The second-order valence-electron chi connectivity index (χ2n) is 4.69. The van der Waals surface area contributed by atoms with E-state index in [0.717, 1.165) is 11.0 Å². The van der Waals surface area contributed by atoms with E-state index >= 15 is 0 Å². The zero-order valence-electron chi connectivity index (χ0n) is 12.2. The van der Waals surface area contributed by atoms with Crippen LogP contribution >= 0.6 is 0 Å². The zero-order chi connectivity index (χ0) is 15.5. The summed E-state index contributed by atoms with van der Waals surface area (Å²) >= 11 is 0. The monoisotopic (exact) mass is 301 g/mol. The van der Waals surface area contributed by atoms with E-state index in [-0.39, 0.29) is 11.9 Å². The molecule has 1 amide bonds. The Kier molecular flexibility index (Phi) is 3.73. The Balaban J connectivity index is 1.78. The van der Waals surface area contributed by atoms with Crippen LogP contribution in [0, 0.1) is 0 Å². The number of aromatic amines is 1. The van der Waals surface area contributed by atoms with Crippen molar-refractivity contribution in [2.24, 2.45) is 0 Å². The number of amides is 1. The Morgan fingerprint density at radius 2 is 2.36 bits per heavy atom. The maximum Gasteiger partial charge on any atom is 0.294 e. The van der Waals surface area contributed by atoms with Gasteiger partial charge in [0, 0.05) is 5.56 Å². The molecule has 0 aliphatic heterocycles. The molecule has 0 aliphatic rings. The first-order chi connectivity index (χ1) is 10.7. The van der Waals surface area contributed by atoms with E-state index < -0.39 is 0 Å². The standard InChI is InChI=1S/C14H15N5O3/c1-3-21-14-17-10-5-4-9(6-11(10)18-14)13(20)16-8(2)12-15-7-22-19-12/h4-8H,3H2,1-2H3,(H,16,20)(H,17,18). The molecule has 8 heteroatoms. The number of nitrogens with one attached hydrogen (secondary N) is 2. The van der Waals surface area contributed by atoms with Crippen LogP contribution in [-0.2, 0) is 0 Å². The van der Waals surface area contributed by atoms with Crippen molar-refractivity contribution in [3.63, 3.8) is 0 Å². The third-order valence-corrected chi connectivity index (χ3v) is 3.12. The minimum absolute atomic E-state index is 0.230. The topological polar surface area (TPSA) is 106 Å². The highest BCUT2D eigenvalue weighted by Gasteiger charge is 2.15. The first-order valence-electron chi connectivity index (χ1n) is 6.87. The van der Waals surface area contributed by atoms with E-state index in [2.05, 4.69) is 29.9 Å². The van der Waals surface area contributed by atoms with Crippen molar-refractivity contribution in [3.8, 4) is 6.01 Å². The average molecular weight is 301 g/mol. The van der Waals surface area contributed by atoms with Gasteiger partial charge in [0.25, 0.3) is 11.9 Å². The van der Waals surface area contributed by atoms with Crippen LogP contribution < -0.4 is 10.1 Å². The van der Waals surface area contributed by atoms with E-state index in [0.29, 0.717) is 24.0 Å². The number of nitrogens with zero attached hydrogens (tertiary/aromatic N) is 3. The number of hydrogen-bond acceptors (Lipinski definition) is 6. The molecule has 0 saturated heterocycles. The number of aromatic nitrogens is 4. The molecule has 0 spiro atoms. The number of imidazole rings is 1. The maximum absolute atomic E-state index is 12.3. The SMILES string of the molecule is CCOc1nc2ccc(C(=O)NC(C)c3ncon3)cc2[nH]1. The van der Waals surface area contributed by atoms with Gasteiger partial charge in [0.2, 0.25) is 6.39 Å². The molecule has 0 saturated carbocycles. The molecular weight excluding hydrogens is 286 g/mol. The summed E-state index contributed by atoms with van der Waals surface area (Å²) in [6, 6.07) is 5.29. The Labute approximate surface area is 125 Å². The van der Waals surface area contributed by atoms with Crippen molar-refractivity contribution in [2.45, 2.75) is 19.9 Å². The maximum atomic E-state index is 12.3. The average Bonchev–Trinajstić information content (AvgIpc) is 3.15. The Bertz CT molecular complexity index is 781. The van der Waals surface area contributed by atoms with Crippen LogP contribution in [0.5, 0.6) is 6.01 Å². The smallest absolute Gasteiger partial charge is 0.294 e. The van der Waals surface area contributed by atoms with E-state index in [1.807, 2.05) is 6.92 Å². The van der Waals surface area contributed by atoms with Gasteiger partial charge in [0.05, 0.1) is 23.7 Å². The van der Waals surface area contributed by atoms with Gasteiger partial charge < -0.3 is 19.6 Å². The number of carbonyl (C=O) groups excluding carboxylic acids is 1. The van der Waals surface area contributed by atoms with E-state index in [4.69, 9.17) is 4.74 Å². The Hall–Kier alpha value is -2.90. The molecule has 0 radical (unpaired) electrons. The molecular formula is C14H15N5O3. The van der Waals surface area contributed by atoms with Gasteiger partial charge in [-0.3, -0.25) is 4.79 Å². The lowest BCUT2D eigenvalue weighted by atomic mass is 10.1. The van der Waals surface area contributed by atoms with E-state index in [1.165, 1.54) is 6.39 Å². The molecule has 1 aromatic carbocycles. The molecule has 22 heavy (non-hydrogen) atoms. The van der Waals surface area contributed by atoms with Gasteiger partial charge >= 0.3 is 0 Å². The molecule has 1 unspecified atom stereocenters. The molecule has 8 nitrogen and oxygen atoms in total. The summed E-state index contributed by atoms with van der Waals surface area (Å²) in [6.45, 7) is 4.19. The van der Waals surface area contributed by atoms with Gasteiger partial charge in [-0.2, -0.15) is 9.97 Å². The quantitative estimate of drug-likeness (QED) is 0.744. The van der Waals surface area contributed by atoms with Crippen molar-refractivity contribution in [1.29, 1.82) is 0 Å². The highest BCUT2D eigenvalue weighted by Crippen LogP contribution is 2.18. The lowest BCUT2D eigenvalue weighted by molar-refractivity contribution is 0.0938. The Morgan fingerprint density at radius 3 is 3.09 bits per heavy atom. The molecule has 0 fully saturated rings. The molecule has 0 bridgehead atoms. The number of fused-ring (bicyclic) bond motifs is 1. The first kappa shape index (κ1) is 14.1. The molecule has 2 N–H and O–H groups in total. The highest BCUT2D eigenvalue weighted by atomic mass is 16.5. The summed E-state index contributed by atoms with van der Waals surface area (Å²) in [4.78, 5) is 23.5. The van der Waals surface area contributed by atoms with Crippen molar-refractivity contribution < 1.29 is 14.1 Å². The summed E-state index contributed by atoms with van der Waals surface area (Å²) < 4.78 is 9.98. The normalized spacial score (nSPS) is 12.3. The van der Waals surface area contributed by atoms with Crippen LogP contribution in [0.25, 0.3) is 11.0 Å². The van der Waals surface area contributed by atoms with Gasteiger partial charge in [0.1, 0.15) is 0 Å². The molecule has 1 atom stereocenters. The van der Waals surface area contributed by atoms with Crippen molar-refractivity contribution in [2.75, 3.05) is 6.61 Å². The van der Waals surface area contributed by atoms with E-state index in [1.54, 1.807) is 25.1 Å². The summed E-state index contributed by atoms with van der Waals surface area (Å²) in [6.07, 6.45) is 1.23. The lowest BCUT2D eigenvalue weighted by Gasteiger charge is -2.09. The van der Waals surface area contributed by atoms with Crippen LogP contribution in [0.4, 0.5) is 0 Å². The molecule has 0 aliphatic carbocycles. The van der Waals surface area contributed by atoms with Crippen LogP contribution in [0.2, 0.25) is 0 Å². The van der Waals surface area contributed by atoms with Gasteiger partial charge in [-0.25, -0.2) is 0 Å². The Morgan fingerprint density at radius 1 is 1.50 bits per heavy atom. The van der Waals surface area contributed by atoms with Gasteiger partial charge in [-0.1, -0.05) is 5.16 Å². The van der Waals surface area contributed by atoms with Gasteiger partial charge in [0.15, 0.2) is 5.82 Å². The highest BCUT2D eigenvalue weighted by molar-refractivity contribution is 5.97. The van der Waals surface area contributed by atoms with Crippen LogP contribution in [0.1, 0.15) is 36.1 Å². The summed E-state index contributed by atoms with van der Waals surface area (Å²) in [5, 5.41) is 6.51. The fraction of sp³-hybridized carbons (Fsp3) is 0.286. The first-order valence-corrected chi connectivity index (χ1v) is 6.87. The number of rotatable bonds is 5. The van der Waals surface area contributed by atoms with Crippen LogP contribution in [0.3, 0.4) is 0 Å². The molecule has 3 rings (SSSR count). The molecule has 114 valence electrons. The largest absolute Gasteiger partial charge is 0.465 e. The molecule has 3 aromatic rings. The minimum atomic E-state index is -0.345. The van der Waals surface area contributed by atoms with Crippen LogP contribution in [-0.4, -0.2) is 32.6 Å². The fourth-order valence-corrected chi connectivity index (χ4v) is 2.05. The van der Waals surface area contributed by atoms with Crippen LogP contribution in [0.15, 0.2) is 29.1 Å². The summed E-state index contributed by atoms with van der Waals surface area (Å²) in [7, 11) is 0. The number of hydrogen-bond donors (Lipinski definition) is 2. The van der Waals surface area contributed by atoms with Crippen molar-refractivity contribution in [1.82, 2.24) is 25.4 Å².